The summed E-state index contributed by atoms with van der Waals surface area (Å²) in [4.78, 5) is 9.16. The lowest BCUT2D eigenvalue weighted by Gasteiger charge is -2.05. The van der Waals surface area contributed by atoms with Crippen molar-refractivity contribution < 1.29 is 17.9 Å². The predicted octanol–water partition coefficient (Wildman–Crippen LogP) is 6.67. The van der Waals surface area contributed by atoms with Crippen molar-refractivity contribution in [3.05, 3.63) is 99.2 Å². The Morgan fingerprint density at radius 1 is 0.889 bits per heavy atom. The summed E-state index contributed by atoms with van der Waals surface area (Å²) >= 11 is 3.01. The Labute approximate surface area is 212 Å². The number of hydrogen-bond donors (Lipinski definition) is 0. The fraction of sp³-hybridized carbons (Fsp3) is 0.120. The summed E-state index contributed by atoms with van der Waals surface area (Å²) in [7, 11) is 0. The van der Waals surface area contributed by atoms with Crippen molar-refractivity contribution >= 4 is 34.8 Å². The van der Waals surface area contributed by atoms with Crippen LogP contribution in [0.3, 0.4) is 0 Å². The Morgan fingerprint density at radius 3 is 2.39 bits per heavy atom. The van der Waals surface area contributed by atoms with Crippen LogP contribution in [0.4, 0.5) is 13.2 Å². The van der Waals surface area contributed by atoms with E-state index in [0.717, 1.165) is 39.1 Å². The number of rotatable bonds is 8. The molecule has 3 aromatic heterocycles. The van der Waals surface area contributed by atoms with E-state index in [1.807, 2.05) is 35.0 Å². The Kier molecular flexibility index (Phi) is 6.92. The van der Waals surface area contributed by atoms with Gasteiger partial charge in [-0.25, -0.2) is 14.6 Å². The van der Waals surface area contributed by atoms with E-state index in [1.54, 1.807) is 40.6 Å². The number of nitrogens with zero attached hydrogens (tertiary/aromatic N) is 5. The van der Waals surface area contributed by atoms with Gasteiger partial charge in [0.2, 0.25) is 0 Å². The molecule has 182 valence electrons. The smallest absolute Gasteiger partial charge is 0.416 e. The third-order valence-electron chi connectivity index (χ3n) is 5.06. The lowest BCUT2D eigenvalue weighted by molar-refractivity contribution is -0.137. The highest BCUT2D eigenvalue weighted by Gasteiger charge is 2.29. The third-order valence-corrected chi connectivity index (χ3v) is 6.86. The molecule has 0 aliphatic rings. The van der Waals surface area contributed by atoms with E-state index in [9.17, 15) is 13.2 Å². The normalized spacial score (nSPS) is 11.9. The number of ether oxygens (including phenoxy) is 1. The van der Waals surface area contributed by atoms with Gasteiger partial charge in [0.15, 0.2) is 0 Å². The van der Waals surface area contributed by atoms with Crippen LogP contribution in [-0.4, -0.2) is 25.0 Å². The Bertz CT molecular complexity index is 1440. The molecule has 6 nitrogen and oxygen atoms in total. The maximum atomic E-state index is 12.7. The fourth-order valence-corrected chi connectivity index (χ4v) is 4.77. The quantitative estimate of drug-likeness (QED) is 0.226. The van der Waals surface area contributed by atoms with Crippen LogP contribution in [0.1, 0.15) is 27.5 Å². The molecule has 0 fully saturated rings. The standard InChI is InChI=1S/C25H18F3N5OS2/c26-25(27,28)19-6-1-17(2-7-19)3-10-23-30-21(16-35-23)14-34-22-8-4-18(5-9-22)24-31-20(15-36-24)13-33-12-11-29-32-33/h1-12,15-16H,13-14H2. The van der Waals surface area contributed by atoms with E-state index < -0.39 is 11.7 Å². The summed E-state index contributed by atoms with van der Waals surface area (Å²) in [5.74, 6) is 0.716. The monoisotopic (exact) mass is 525 g/mol. The summed E-state index contributed by atoms with van der Waals surface area (Å²) in [6, 6.07) is 12.7. The van der Waals surface area contributed by atoms with Crippen LogP contribution in [0.5, 0.6) is 5.75 Å². The fourth-order valence-electron chi connectivity index (χ4n) is 3.26. The molecule has 0 atom stereocenters. The number of benzene rings is 2. The molecular weight excluding hydrogens is 507 g/mol. The molecule has 2 aromatic carbocycles. The number of halogens is 3. The van der Waals surface area contributed by atoms with Gasteiger partial charge in [-0.2, -0.15) is 13.2 Å². The van der Waals surface area contributed by atoms with Crippen molar-refractivity contribution in [1.29, 1.82) is 0 Å². The maximum absolute atomic E-state index is 12.7. The number of thiazole rings is 2. The zero-order chi connectivity index (χ0) is 25.0. The first-order chi connectivity index (χ1) is 17.4. The van der Waals surface area contributed by atoms with E-state index in [-0.39, 0.29) is 0 Å². The van der Waals surface area contributed by atoms with Crippen LogP contribution in [0, 0.1) is 0 Å². The van der Waals surface area contributed by atoms with Crippen molar-refractivity contribution in [3.63, 3.8) is 0 Å². The lowest BCUT2D eigenvalue weighted by atomic mass is 10.1. The van der Waals surface area contributed by atoms with E-state index in [2.05, 4.69) is 20.3 Å². The molecule has 0 N–H and O–H groups in total. The Morgan fingerprint density at radius 2 is 1.67 bits per heavy atom. The molecule has 5 aromatic rings. The molecule has 5 rings (SSSR count). The van der Waals surface area contributed by atoms with Crippen LogP contribution < -0.4 is 4.74 Å². The van der Waals surface area contributed by atoms with Crippen molar-refractivity contribution in [2.75, 3.05) is 0 Å². The molecule has 3 heterocycles. The highest BCUT2D eigenvalue weighted by molar-refractivity contribution is 7.13. The van der Waals surface area contributed by atoms with Gasteiger partial charge in [-0.15, -0.1) is 27.8 Å². The summed E-state index contributed by atoms with van der Waals surface area (Å²) < 4.78 is 45.6. The summed E-state index contributed by atoms with van der Waals surface area (Å²) in [5, 5.41) is 13.3. The molecule has 0 radical (unpaired) electrons. The first-order valence-electron chi connectivity index (χ1n) is 10.7. The van der Waals surface area contributed by atoms with Gasteiger partial charge in [0.1, 0.15) is 22.4 Å². The molecule has 0 amide bonds. The van der Waals surface area contributed by atoms with E-state index in [0.29, 0.717) is 24.5 Å². The molecule has 0 saturated heterocycles. The van der Waals surface area contributed by atoms with Gasteiger partial charge in [0.25, 0.3) is 0 Å². The van der Waals surface area contributed by atoms with Crippen LogP contribution in [-0.2, 0) is 19.3 Å². The Balaban J connectivity index is 1.14. The van der Waals surface area contributed by atoms with Gasteiger partial charge < -0.3 is 4.74 Å². The topological polar surface area (TPSA) is 65.7 Å². The average molecular weight is 526 g/mol. The molecule has 36 heavy (non-hydrogen) atoms. The van der Waals surface area contributed by atoms with E-state index >= 15 is 0 Å². The zero-order valence-corrected chi connectivity index (χ0v) is 20.2. The molecule has 0 unspecified atom stereocenters. The van der Waals surface area contributed by atoms with Crippen molar-refractivity contribution in [1.82, 2.24) is 25.0 Å². The second-order valence-electron chi connectivity index (χ2n) is 7.69. The second-order valence-corrected chi connectivity index (χ2v) is 9.44. The minimum atomic E-state index is -4.34. The number of alkyl halides is 3. The summed E-state index contributed by atoms with van der Waals surface area (Å²) in [5.41, 5.74) is 2.70. The first kappa shape index (κ1) is 23.9. The van der Waals surface area contributed by atoms with Crippen molar-refractivity contribution in [2.45, 2.75) is 19.3 Å². The van der Waals surface area contributed by atoms with Crippen LogP contribution in [0.25, 0.3) is 22.7 Å². The summed E-state index contributed by atoms with van der Waals surface area (Å²) in [6.07, 6.45) is 2.61. The van der Waals surface area contributed by atoms with Crippen LogP contribution >= 0.6 is 22.7 Å². The number of hydrogen-bond acceptors (Lipinski definition) is 7. The first-order valence-corrected chi connectivity index (χ1v) is 12.5. The van der Waals surface area contributed by atoms with Gasteiger partial charge in [0, 0.05) is 22.5 Å². The van der Waals surface area contributed by atoms with Crippen molar-refractivity contribution in [2.24, 2.45) is 0 Å². The maximum Gasteiger partial charge on any atom is 0.416 e. The minimum Gasteiger partial charge on any atom is -0.487 e. The third kappa shape index (κ3) is 6.04. The lowest BCUT2D eigenvalue weighted by Crippen LogP contribution is -2.03. The van der Waals surface area contributed by atoms with Gasteiger partial charge >= 0.3 is 6.18 Å². The highest BCUT2D eigenvalue weighted by Crippen LogP contribution is 2.29. The zero-order valence-electron chi connectivity index (χ0n) is 18.6. The highest BCUT2D eigenvalue weighted by atomic mass is 32.1. The van der Waals surface area contributed by atoms with Gasteiger partial charge in [-0.1, -0.05) is 23.4 Å². The summed E-state index contributed by atoms with van der Waals surface area (Å²) in [6.45, 7) is 0.885. The molecule has 11 heteroatoms. The molecular formula is C25H18F3N5OS2. The van der Waals surface area contributed by atoms with Gasteiger partial charge in [-0.3, -0.25) is 0 Å². The Hall–Kier alpha value is -3.83. The van der Waals surface area contributed by atoms with Crippen LogP contribution in [0.2, 0.25) is 0 Å². The van der Waals surface area contributed by atoms with Crippen LogP contribution in [0.15, 0.2) is 71.7 Å². The van der Waals surface area contributed by atoms with E-state index in [4.69, 9.17) is 4.74 Å². The van der Waals surface area contributed by atoms with Gasteiger partial charge in [0.05, 0.1) is 29.7 Å². The van der Waals surface area contributed by atoms with Gasteiger partial charge in [-0.05, 0) is 48.0 Å². The molecule has 0 saturated carbocycles. The predicted molar refractivity (Wildman–Crippen MR) is 133 cm³/mol. The molecule has 0 spiro atoms. The average Bonchev–Trinajstić information content (AvgIpc) is 3.65. The SMILES string of the molecule is FC(F)(F)c1ccc(C=Cc2nc(COc3ccc(-c4nc(Cn5ccnn5)cs4)cc3)cs2)cc1. The van der Waals surface area contributed by atoms with Crippen molar-refractivity contribution in [3.8, 4) is 16.3 Å². The van der Waals surface area contributed by atoms with E-state index in [1.165, 1.54) is 23.5 Å². The molecule has 0 bridgehead atoms. The molecule has 0 aliphatic carbocycles. The largest absolute Gasteiger partial charge is 0.487 e. The second kappa shape index (κ2) is 10.4. The minimum absolute atomic E-state index is 0.309. The molecule has 0 aliphatic heterocycles. The number of aromatic nitrogens is 5.